The van der Waals surface area contributed by atoms with Crippen molar-refractivity contribution < 1.29 is 4.74 Å². The van der Waals surface area contributed by atoms with E-state index < -0.39 is 0 Å². The van der Waals surface area contributed by atoms with Crippen LogP contribution in [0.4, 0.5) is 5.69 Å². The minimum atomic E-state index is -0.115. The van der Waals surface area contributed by atoms with Gasteiger partial charge in [-0.3, -0.25) is 4.79 Å². The Morgan fingerprint density at radius 3 is 2.68 bits per heavy atom. The van der Waals surface area contributed by atoms with E-state index in [2.05, 4.69) is 35.9 Å². The molecule has 0 amide bonds. The summed E-state index contributed by atoms with van der Waals surface area (Å²) in [6, 6.07) is 10.0. The molecule has 25 heavy (non-hydrogen) atoms. The summed E-state index contributed by atoms with van der Waals surface area (Å²) in [5.41, 5.74) is 5.62. The summed E-state index contributed by atoms with van der Waals surface area (Å²) in [4.78, 5) is 22.0. The fourth-order valence-corrected chi connectivity index (χ4v) is 3.41. The van der Waals surface area contributed by atoms with E-state index in [-0.39, 0.29) is 5.56 Å². The molecule has 1 aromatic carbocycles. The van der Waals surface area contributed by atoms with Gasteiger partial charge in [-0.2, -0.15) is 0 Å². The number of pyridine rings is 2. The number of nitrogens with one attached hydrogen (secondary N) is 1. The summed E-state index contributed by atoms with van der Waals surface area (Å²) in [6.07, 6.45) is 1.64. The summed E-state index contributed by atoms with van der Waals surface area (Å²) in [6.45, 7) is 7.52. The fourth-order valence-electron chi connectivity index (χ4n) is 3.41. The first kappa shape index (κ1) is 15.8. The molecular formula is C20H21N3O2. The maximum Gasteiger partial charge on any atom is 0.257 e. The molecule has 4 rings (SSSR count). The Balaban J connectivity index is 1.86. The van der Waals surface area contributed by atoms with Gasteiger partial charge in [0.2, 0.25) is 0 Å². The highest BCUT2D eigenvalue weighted by molar-refractivity contribution is 5.90. The smallest absolute Gasteiger partial charge is 0.257 e. The van der Waals surface area contributed by atoms with Gasteiger partial charge in [-0.1, -0.05) is 0 Å². The Labute approximate surface area is 146 Å². The number of anilines is 1. The van der Waals surface area contributed by atoms with E-state index in [0.29, 0.717) is 11.3 Å². The van der Waals surface area contributed by atoms with E-state index in [1.807, 2.05) is 18.2 Å². The maximum atomic E-state index is 12.1. The van der Waals surface area contributed by atoms with Crippen molar-refractivity contribution in [1.29, 1.82) is 0 Å². The number of hydrogen-bond donors (Lipinski definition) is 1. The lowest BCUT2D eigenvalue weighted by molar-refractivity contribution is 0.122. The van der Waals surface area contributed by atoms with Crippen molar-refractivity contribution in [3.05, 3.63) is 58.0 Å². The Morgan fingerprint density at radius 2 is 1.92 bits per heavy atom. The third kappa shape index (κ3) is 2.91. The molecule has 3 heterocycles. The van der Waals surface area contributed by atoms with Gasteiger partial charge in [-0.25, -0.2) is 4.98 Å². The fraction of sp³-hybridized carbons (Fsp3) is 0.300. The Morgan fingerprint density at radius 1 is 1.12 bits per heavy atom. The highest BCUT2D eigenvalue weighted by atomic mass is 16.5. The molecule has 5 nitrogen and oxygen atoms in total. The van der Waals surface area contributed by atoms with Crippen LogP contribution in [-0.2, 0) is 4.74 Å². The molecule has 1 aliphatic rings. The van der Waals surface area contributed by atoms with Crippen molar-refractivity contribution in [1.82, 2.24) is 9.97 Å². The lowest BCUT2D eigenvalue weighted by atomic mass is 10.0. The van der Waals surface area contributed by atoms with E-state index >= 15 is 0 Å². The van der Waals surface area contributed by atoms with E-state index in [4.69, 9.17) is 9.72 Å². The minimum Gasteiger partial charge on any atom is -0.378 e. The molecule has 128 valence electrons. The van der Waals surface area contributed by atoms with Crippen LogP contribution < -0.4 is 10.5 Å². The second kappa shape index (κ2) is 6.33. The quantitative estimate of drug-likeness (QED) is 0.782. The molecule has 1 fully saturated rings. The van der Waals surface area contributed by atoms with Crippen LogP contribution in [-0.4, -0.2) is 36.3 Å². The van der Waals surface area contributed by atoms with E-state index in [9.17, 15) is 4.79 Å². The van der Waals surface area contributed by atoms with Crippen LogP contribution in [0.15, 0.2) is 41.3 Å². The van der Waals surface area contributed by atoms with E-state index in [1.54, 1.807) is 6.20 Å². The van der Waals surface area contributed by atoms with Crippen molar-refractivity contribution in [2.45, 2.75) is 13.8 Å². The lowest BCUT2D eigenvalue weighted by Gasteiger charge is -2.29. The number of H-pyrrole nitrogens is 1. The second-order valence-electron chi connectivity index (χ2n) is 6.50. The summed E-state index contributed by atoms with van der Waals surface area (Å²) in [7, 11) is 0. The number of rotatable bonds is 2. The number of benzene rings is 1. The van der Waals surface area contributed by atoms with E-state index in [1.165, 1.54) is 5.69 Å². The van der Waals surface area contributed by atoms with E-state index in [0.717, 1.165) is 48.3 Å². The van der Waals surface area contributed by atoms with Crippen LogP contribution in [0.2, 0.25) is 0 Å². The van der Waals surface area contributed by atoms with Gasteiger partial charge in [0, 0.05) is 30.4 Å². The number of nitrogens with zero attached hydrogens (tertiary/aromatic N) is 2. The van der Waals surface area contributed by atoms with Gasteiger partial charge in [0.15, 0.2) is 0 Å². The highest BCUT2D eigenvalue weighted by Gasteiger charge is 2.15. The molecule has 2 aromatic heterocycles. The second-order valence-corrected chi connectivity index (χ2v) is 6.50. The SMILES string of the molecule is Cc1cc(-c2ccc[nH]c2=O)nc2c(C)cc(N3CCOCC3)cc12. The molecule has 0 bridgehead atoms. The van der Waals surface area contributed by atoms with Gasteiger partial charge < -0.3 is 14.6 Å². The molecule has 1 aliphatic heterocycles. The van der Waals surface area contributed by atoms with Crippen molar-refractivity contribution in [2.75, 3.05) is 31.2 Å². The zero-order valence-electron chi connectivity index (χ0n) is 14.5. The van der Waals surface area contributed by atoms with Crippen molar-refractivity contribution in [2.24, 2.45) is 0 Å². The van der Waals surface area contributed by atoms with Crippen LogP contribution in [0, 0.1) is 13.8 Å². The molecular weight excluding hydrogens is 314 g/mol. The van der Waals surface area contributed by atoms with Crippen LogP contribution in [0.5, 0.6) is 0 Å². The lowest BCUT2D eigenvalue weighted by Crippen LogP contribution is -2.36. The summed E-state index contributed by atoms with van der Waals surface area (Å²) >= 11 is 0. The summed E-state index contributed by atoms with van der Waals surface area (Å²) in [5.74, 6) is 0. The van der Waals surface area contributed by atoms with Crippen LogP contribution in [0.25, 0.3) is 22.2 Å². The molecule has 5 heteroatoms. The first-order valence-corrected chi connectivity index (χ1v) is 8.56. The highest BCUT2D eigenvalue weighted by Crippen LogP contribution is 2.30. The molecule has 0 radical (unpaired) electrons. The van der Waals surface area contributed by atoms with Gasteiger partial charge in [-0.15, -0.1) is 0 Å². The van der Waals surface area contributed by atoms with Gasteiger partial charge in [0.05, 0.1) is 30.0 Å². The minimum absolute atomic E-state index is 0.115. The third-order valence-electron chi connectivity index (χ3n) is 4.77. The Hall–Kier alpha value is -2.66. The van der Waals surface area contributed by atoms with Gasteiger partial charge >= 0.3 is 0 Å². The number of aryl methyl sites for hydroxylation is 2. The molecule has 1 N–H and O–H groups in total. The number of aromatic nitrogens is 2. The predicted molar refractivity (Wildman–Crippen MR) is 100 cm³/mol. The molecule has 1 saturated heterocycles. The zero-order chi connectivity index (χ0) is 17.4. The topological polar surface area (TPSA) is 58.2 Å². The molecule has 0 spiro atoms. The zero-order valence-corrected chi connectivity index (χ0v) is 14.5. The number of aromatic amines is 1. The monoisotopic (exact) mass is 335 g/mol. The first-order chi connectivity index (χ1) is 12.1. The standard InChI is InChI=1S/C20H21N3O2/c1-13-11-18(16-4-3-5-21-20(16)24)22-19-14(2)10-15(12-17(13)19)23-6-8-25-9-7-23/h3-5,10-12H,6-9H2,1-2H3,(H,21,24). The molecule has 0 atom stereocenters. The number of ether oxygens (including phenoxy) is 1. The predicted octanol–water partition coefficient (Wildman–Crippen LogP) is 3.04. The van der Waals surface area contributed by atoms with Gasteiger partial charge in [-0.05, 0) is 55.3 Å². The Kier molecular flexibility index (Phi) is 4.01. The number of morpholine rings is 1. The van der Waals surface area contributed by atoms with Gasteiger partial charge in [0.1, 0.15) is 0 Å². The molecule has 0 saturated carbocycles. The molecule has 3 aromatic rings. The van der Waals surface area contributed by atoms with Crippen LogP contribution in [0.3, 0.4) is 0 Å². The first-order valence-electron chi connectivity index (χ1n) is 8.56. The van der Waals surface area contributed by atoms with Crippen LogP contribution in [0.1, 0.15) is 11.1 Å². The number of hydrogen-bond acceptors (Lipinski definition) is 4. The summed E-state index contributed by atoms with van der Waals surface area (Å²) in [5, 5.41) is 1.14. The number of fused-ring (bicyclic) bond motifs is 1. The van der Waals surface area contributed by atoms with Crippen molar-refractivity contribution in [3.8, 4) is 11.3 Å². The molecule has 0 unspecified atom stereocenters. The largest absolute Gasteiger partial charge is 0.378 e. The van der Waals surface area contributed by atoms with Crippen molar-refractivity contribution in [3.63, 3.8) is 0 Å². The van der Waals surface area contributed by atoms with Crippen molar-refractivity contribution >= 4 is 16.6 Å². The average molecular weight is 335 g/mol. The maximum absolute atomic E-state index is 12.1. The summed E-state index contributed by atoms with van der Waals surface area (Å²) < 4.78 is 5.45. The normalized spacial score (nSPS) is 14.9. The Bertz CT molecular complexity index is 988. The molecule has 0 aliphatic carbocycles. The van der Waals surface area contributed by atoms with Gasteiger partial charge in [0.25, 0.3) is 5.56 Å². The average Bonchev–Trinajstić information content (AvgIpc) is 2.63. The van der Waals surface area contributed by atoms with Crippen LogP contribution >= 0.6 is 0 Å². The third-order valence-corrected chi connectivity index (χ3v) is 4.77.